The molecule has 0 unspecified atom stereocenters. The summed E-state index contributed by atoms with van der Waals surface area (Å²) in [5.74, 6) is -0.745. The minimum Gasteiger partial charge on any atom is -0.493 e. The molecular weight excluding hydrogens is 463 g/mol. The number of aromatic nitrogens is 2. The highest BCUT2D eigenvalue weighted by molar-refractivity contribution is 5.97. The highest BCUT2D eigenvalue weighted by atomic mass is 19.4. The lowest BCUT2D eigenvalue weighted by Crippen LogP contribution is -2.30. The Morgan fingerprint density at radius 3 is 2.54 bits per heavy atom. The number of hydrogen-bond donors (Lipinski definition) is 0. The maximum Gasteiger partial charge on any atom is 0.416 e. The van der Waals surface area contributed by atoms with Crippen molar-refractivity contribution in [2.45, 2.75) is 64.3 Å². The van der Waals surface area contributed by atoms with Crippen LogP contribution in [0.25, 0.3) is 0 Å². The highest BCUT2D eigenvalue weighted by Crippen LogP contribution is 2.33. The third-order valence-corrected chi connectivity index (χ3v) is 5.91. The lowest BCUT2D eigenvalue weighted by molar-refractivity contribution is -0.137. The molecule has 1 saturated heterocycles. The number of nitrogens with zero attached hydrogens (tertiary/aromatic N) is 3. The summed E-state index contributed by atoms with van der Waals surface area (Å²) < 4.78 is 60.4. The number of ether oxygens (including phenoxy) is 3. The normalized spacial score (nSPS) is 17.3. The van der Waals surface area contributed by atoms with E-state index < -0.39 is 17.6 Å². The molecule has 3 rings (SSSR count). The van der Waals surface area contributed by atoms with Crippen LogP contribution in [0.1, 0.15) is 61.6 Å². The van der Waals surface area contributed by atoms with Gasteiger partial charge in [-0.2, -0.15) is 18.2 Å². The molecule has 194 valence electrons. The Labute approximate surface area is 203 Å². The minimum absolute atomic E-state index is 0.0151. The molecular formula is C25H34F3N3O4. The minimum atomic E-state index is -4.60. The van der Waals surface area contributed by atoms with Gasteiger partial charge in [0.25, 0.3) is 5.91 Å². The van der Waals surface area contributed by atoms with E-state index in [0.717, 1.165) is 30.7 Å². The largest absolute Gasteiger partial charge is 0.493 e. The van der Waals surface area contributed by atoms with Crippen molar-refractivity contribution >= 4 is 5.91 Å². The molecule has 0 bridgehead atoms. The first-order chi connectivity index (χ1) is 16.4. The number of benzene rings is 1. The van der Waals surface area contributed by atoms with Crippen LogP contribution in [0.5, 0.6) is 5.75 Å². The Balaban J connectivity index is 2.05. The Morgan fingerprint density at radius 1 is 1.20 bits per heavy atom. The van der Waals surface area contributed by atoms with Gasteiger partial charge in [-0.15, -0.1) is 0 Å². The van der Waals surface area contributed by atoms with Crippen LogP contribution in [0, 0.1) is 0 Å². The predicted molar refractivity (Wildman–Crippen MR) is 124 cm³/mol. The summed E-state index contributed by atoms with van der Waals surface area (Å²) in [7, 11) is 3.43. The highest BCUT2D eigenvalue weighted by Gasteiger charge is 2.32. The van der Waals surface area contributed by atoms with Gasteiger partial charge in [-0.3, -0.25) is 14.2 Å². The first-order valence-corrected chi connectivity index (χ1v) is 11.7. The summed E-state index contributed by atoms with van der Waals surface area (Å²) in [6.45, 7) is 7.92. The Hall–Kier alpha value is -2.59. The van der Waals surface area contributed by atoms with Crippen molar-refractivity contribution in [3.05, 3.63) is 46.6 Å². The molecule has 10 heteroatoms. The molecule has 35 heavy (non-hydrogen) atoms. The molecule has 0 radical (unpaired) electrons. The molecule has 1 fully saturated rings. The number of carbonyl (C=O) groups excluding carboxylic acids is 1. The molecule has 0 N–H and O–H groups in total. The van der Waals surface area contributed by atoms with Crippen molar-refractivity contribution in [2.75, 3.05) is 26.9 Å². The van der Waals surface area contributed by atoms with Gasteiger partial charge in [0.2, 0.25) is 0 Å². The molecule has 0 aliphatic carbocycles. The van der Waals surface area contributed by atoms with Crippen LogP contribution in [0.3, 0.4) is 0 Å². The van der Waals surface area contributed by atoms with Crippen LogP contribution in [0.15, 0.2) is 29.3 Å². The van der Waals surface area contributed by atoms with Gasteiger partial charge in [0, 0.05) is 51.0 Å². The third-order valence-electron chi connectivity index (χ3n) is 5.91. The number of methoxy groups -OCH3 is 1. The fraction of sp³-hybridized carbons (Fsp3) is 0.600. The average Bonchev–Trinajstić information content (AvgIpc) is 3.39. The first kappa shape index (κ1) is 27.0. The molecule has 7 nitrogen and oxygen atoms in total. The van der Waals surface area contributed by atoms with Crippen LogP contribution in [0.2, 0.25) is 0 Å². The molecule has 1 atom stereocenters. The topological polar surface area (TPSA) is 67.0 Å². The smallest absolute Gasteiger partial charge is 0.416 e. The maximum atomic E-state index is 13.4. The van der Waals surface area contributed by atoms with Crippen molar-refractivity contribution in [3.63, 3.8) is 0 Å². The quantitative estimate of drug-likeness (QED) is 0.505. The fourth-order valence-corrected chi connectivity index (χ4v) is 4.11. The summed E-state index contributed by atoms with van der Waals surface area (Å²) in [4.78, 5) is 17.5. The second kappa shape index (κ2) is 11.0. The number of hydrogen-bond acceptors (Lipinski definition) is 4. The Morgan fingerprint density at radius 2 is 1.94 bits per heavy atom. The van der Waals surface area contributed by atoms with Crippen LogP contribution >= 0.6 is 0 Å². The Bertz CT molecular complexity index is 1090. The van der Waals surface area contributed by atoms with E-state index in [1.807, 2.05) is 37.2 Å². The maximum absolute atomic E-state index is 13.4. The van der Waals surface area contributed by atoms with Gasteiger partial charge >= 0.3 is 6.18 Å². The molecule has 1 aromatic heterocycles. The zero-order chi connectivity index (χ0) is 25.8. The van der Waals surface area contributed by atoms with E-state index >= 15 is 0 Å². The van der Waals surface area contributed by atoms with Crippen LogP contribution in [-0.4, -0.2) is 48.3 Å². The van der Waals surface area contributed by atoms with Crippen LogP contribution in [-0.2, 0) is 34.7 Å². The van der Waals surface area contributed by atoms with E-state index in [4.69, 9.17) is 14.2 Å². The Kier molecular flexibility index (Phi) is 8.48. The molecule has 1 aliphatic heterocycles. The standard InChI is InChI=1S/C25H34F3N3O4/c1-24(2,3)21-15-22(31(30(21)4)16-18-8-6-12-34-18)29-23(32)19-14-17(25(26,27)28)9-10-20(19)35-13-7-11-33-5/h9-10,14-15,18H,6-8,11-13,16H2,1-5H3/t18-/m1/s1. The van der Waals surface area contributed by atoms with E-state index in [2.05, 4.69) is 4.99 Å². The monoisotopic (exact) mass is 497 g/mol. The molecule has 1 aromatic carbocycles. The van der Waals surface area contributed by atoms with Crippen molar-refractivity contribution in [3.8, 4) is 5.75 Å². The summed E-state index contributed by atoms with van der Waals surface area (Å²) in [5, 5.41) is 0. The van der Waals surface area contributed by atoms with Gasteiger partial charge < -0.3 is 14.2 Å². The van der Waals surface area contributed by atoms with Crippen molar-refractivity contribution in [1.82, 2.24) is 9.36 Å². The number of alkyl halides is 3. The van der Waals surface area contributed by atoms with Crippen molar-refractivity contribution in [2.24, 2.45) is 12.0 Å². The first-order valence-electron chi connectivity index (χ1n) is 11.7. The van der Waals surface area contributed by atoms with Gasteiger partial charge in [-0.05, 0) is 31.0 Å². The lowest BCUT2D eigenvalue weighted by atomic mass is 9.92. The summed E-state index contributed by atoms with van der Waals surface area (Å²) in [5.41, 5.74) is -0.115. The lowest BCUT2D eigenvalue weighted by Gasteiger charge is -2.21. The SMILES string of the molecule is COCCCOc1ccc(C(F)(F)F)cc1C(=O)N=c1cc(C(C)(C)C)n(C)n1C[C@H]1CCCO1. The van der Waals surface area contributed by atoms with E-state index in [1.54, 1.807) is 13.2 Å². The van der Waals surface area contributed by atoms with Gasteiger partial charge in [0.05, 0.1) is 30.4 Å². The number of halogens is 3. The summed E-state index contributed by atoms with van der Waals surface area (Å²) in [6, 6.07) is 4.68. The molecule has 2 heterocycles. The van der Waals surface area contributed by atoms with Gasteiger partial charge in [-0.25, -0.2) is 0 Å². The van der Waals surface area contributed by atoms with E-state index in [9.17, 15) is 18.0 Å². The zero-order valence-electron chi connectivity index (χ0n) is 20.9. The number of rotatable bonds is 8. The zero-order valence-corrected chi connectivity index (χ0v) is 20.9. The van der Waals surface area contributed by atoms with Gasteiger partial charge in [0.15, 0.2) is 5.49 Å². The molecule has 0 spiro atoms. The summed E-state index contributed by atoms with van der Waals surface area (Å²) >= 11 is 0. The third kappa shape index (κ3) is 6.76. The number of carbonyl (C=O) groups is 1. The van der Waals surface area contributed by atoms with E-state index in [0.29, 0.717) is 31.7 Å². The molecule has 1 aliphatic rings. The van der Waals surface area contributed by atoms with E-state index in [1.165, 1.54) is 6.07 Å². The fourth-order valence-electron chi connectivity index (χ4n) is 4.11. The van der Waals surface area contributed by atoms with Crippen molar-refractivity contribution < 1.29 is 32.2 Å². The molecule has 0 saturated carbocycles. The van der Waals surface area contributed by atoms with Crippen molar-refractivity contribution in [1.29, 1.82) is 0 Å². The van der Waals surface area contributed by atoms with Crippen LogP contribution in [0.4, 0.5) is 13.2 Å². The van der Waals surface area contributed by atoms with Crippen LogP contribution < -0.4 is 10.2 Å². The molecule has 1 amide bonds. The van der Waals surface area contributed by atoms with E-state index in [-0.39, 0.29) is 29.4 Å². The second-order valence-electron chi connectivity index (χ2n) is 9.70. The average molecular weight is 498 g/mol. The van der Waals surface area contributed by atoms with Gasteiger partial charge in [-0.1, -0.05) is 20.8 Å². The summed E-state index contributed by atoms with van der Waals surface area (Å²) in [6.07, 6.45) is -2.24. The number of amides is 1. The second-order valence-corrected chi connectivity index (χ2v) is 9.70. The predicted octanol–water partition coefficient (Wildman–Crippen LogP) is 4.48. The molecule has 2 aromatic rings. The van der Waals surface area contributed by atoms with Gasteiger partial charge in [0.1, 0.15) is 5.75 Å².